The van der Waals surface area contributed by atoms with Gasteiger partial charge in [-0.2, -0.15) is 0 Å². The number of amides is 1. The number of carbonyl (C=O) groups excluding carboxylic acids is 1. The van der Waals surface area contributed by atoms with Gasteiger partial charge in [-0.3, -0.25) is 4.79 Å². The summed E-state index contributed by atoms with van der Waals surface area (Å²) in [6.07, 6.45) is 0.956. The number of anilines is 1. The number of nitrogens with one attached hydrogen (secondary N) is 1. The van der Waals surface area contributed by atoms with Crippen LogP contribution in [0.4, 0.5) is 5.69 Å². The molecule has 4 rings (SSSR count). The minimum absolute atomic E-state index is 0.0675. The Bertz CT molecular complexity index is 1120. The van der Waals surface area contributed by atoms with Crippen molar-refractivity contribution in [3.05, 3.63) is 72.3 Å². The highest BCUT2D eigenvalue weighted by molar-refractivity contribution is 7.21. The van der Waals surface area contributed by atoms with E-state index in [0.29, 0.717) is 17.0 Å². The molecule has 0 fully saturated rings. The maximum Gasteiger partial charge on any atom is 0.262 e. The lowest BCUT2D eigenvalue weighted by Gasteiger charge is -2.09. The number of para-hydroxylation sites is 1. The van der Waals surface area contributed by atoms with Gasteiger partial charge in [-0.1, -0.05) is 31.2 Å². The van der Waals surface area contributed by atoms with Crippen LogP contribution in [-0.2, 0) is 11.2 Å². The first-order valence-electron chi connectivity index (χ1n) is 9.33. The van der Waals surface area contributed by atoms with Gasteiger partial charge in [-0.05, 0) is 48.4 Å². The first-order chi connectivity index (χ1) is 14.1. The van der Waals surface area contributed by atoms with E-state index in [9.17, 15) is 9.90 Å². The summed E-state index contributed by atoms with van der Waals surface area (Å²) in [5, 5.41) is 13.9. The number of hydrogen-bond donors (Lipinski definition) is 2. The highest BCUT2D eigenvalue weighted by Crippen LogP contribution is 2.36. The molecule has 1 amide bonds. The summed E-state index contributed by atoms with van der Waals surface area (Å²) in [6.45, 7) is 1.98. The summed E-state index contributed by atoms with van der Waals surface area (Å²) in [5.74, 6) is 0.418. The van der Waals surface area contributed by atoms with E-state index in [1.807, 2.05) is 48.5 Å². The number of thiazole rings is 1. The SMILES string of the molecule is CCc1ccc(OCC(=O)Nc2ccc(-c3nc4ccccc4s3)c(O)c2)cc1. The van der Waals surface area contributed by atoms with Crippen LogP contribution in [-0.4, -0.2) is 22.6 Å². The van der Waals surface area contributed by atoms with E-state index in [2.05, 4.69) is 17.2 Å². The molecule has 0 saturated heterocycles. The fourth-order valence-corrected chi connectivity index (χ4v) is 3.94. The van der Waals surface area contributed by atoms with Gasteiger partial charge in [0.05, 0.1) is 15.8 Å². The fraction of sp³-hybridized carbons (Fsp3) is 0.130. The molecule has 1 heterocycles. The first-order valence-corrected chi connectivity index (χ1v) is 10.1. The van der Waals surface area contributed by atoms with Gasteiger partial charge < -0.3 is 15.2 Å². The van der Waals surface area contributed by atoms with Crippen LogP contribution in [0.5, 0.6) is 11.5 Å². The van der Waals surface area contributed by atoms with Crippen molar-refractivity contribution < 1.29 is 14.6 Å². The maximum atomic E-state index is 12.2. The van der Waals surface area contributed by atoms with E-state index in [1.54, 1.807) is 12.1 Å². The number of ether oxygens (including phenoxy) is 1. The van der Waals surface area contributed by atoms with Crippen molar-refractivity contribution in [2.45, 2.75) is 13.3 Å². The van der Waals surface area contributed by atoms with Gasteiger partial charge in [0.2, 0.25) is 0 Å². The number of aromatic nitrogens is 1. The fourth-order valence-electron chi connectivity index (χ4n) is 2.94. The Balaban J connectivity index is 1.41. The molecule has 0 aliphatic rings. The van der Waals surface area contributed by atoms with Crippen LogP contribution in [0.25, 0.3) is 20.8 Å². The van der Waals surface area contributed by atoms with Gasteiger partial charge in [0.25, 0.3) is 5.91 Å². The van der Waals surface area contributed by atoms with Gasteiger partial charge in [-0.15, -0.1) is 11.3 Å². The topological polar surface area (TPSA) is 71.5 Å². The molecule has 0 bridgehead atoms. The molecule has 0 unspecified atom stereocenters. The number of fused-ring (bicyclic) bond motifs is 1. The Morgan fingerprint density at radius 1 is 1.10 bits per heavy atom. The summed E-state index contributed by atoms with van der Waals surface area (Å²) >= 11 is 1.51. The average molecular weight is 404 g/mol. The largest absolute Gasteiger partial charge is 0.507 e. The van der Waals surface area contributed by atoms with Crippen LogP contribution >= 0.6 is 11.3 Å². The minimum atomic E-state index is -0.295. The van der Waals surface area contributed by atoms with Gasteiger partial charge in [0, 0.05) is 11.8 Å². The van der Waals surface area contributed by atoms with Crippen LogP contribution < -0.4 is 10.1 Å². The molecule has 5 nitrogen and oxygen atoms in total. The molecular formula is C23H20N2O3S. The van der Waals surface area contributed by atoms with Crippen LogP contribution in [0.3, 0.4) is 0 Å². The van der Waals surface area contributed by atoms with Crippen molar-refractivity contribution in [3.8, 4) is 22.1 Å². The third-order valence-corrected chi connectivity index (χ3v) is 5.58. The number of nitrogens with zero attached hydrogens (tertiary/aromatic N) is 1. The molecule has 0 spiro atoms. The molecule has 0 atom stereocenters. The number of phenolic OH excluding ortho intramolecular Hbond substituents is 1. The smallest absolute Gasteiger partial charge is 0.262 e. The molecule has 29 heavy (non-hydrogen) atoms. The minimum Gasteiger partial charge on any atom is -0.507 e. The highest BCUT2D eigenvalue weighted by atomic mass is 32.1. The van der Waals surface area contributed by atoms with Gasteiger partial charge in [0.15, 0.2) is 6.61 Å². The summed E-state index contributed by atoms with van der Waals surface area (Å²) in [4.78, 5) is 16.7. The van der Waals surface area contributed by atoms with Crippen molar-refractivity contribution in [3.63, 3.8) is 0 Å². The first kappa shape index (κ1) is 19.0. The Labute approximate surface area is 172 Å². The van der Waals surface area contributed by atoms with Crippen molar-refractivity contribution in [1.29, 1.82) is 0 Å². The third-order valence-electron chi connectivity index (χ3n) is 4.51. The van der Waals surface area contributed by atoms with Gasteiger partial charge in [0.1, 0.15) is 16.5 Å². The number of aromatic hydroxyl groups is 1. The molecule has 2 N–H and O–H groups in total. The van der Waals surface area contributed by atoms with Crippen molar-refractivity contribution in [2.24, 2.45) is 0 Å². The number of rotatable bonds is 6. The Morgan fingerprint density at radius 3 is 2.62 bits per heavy atom. The van der Waals surface area contributed by atoms with E-state index in [-0.39, 0.29) is 18.3 Å². The third kappa shape index (κ3) is 4.38. The second-order valence-corrected chi connectivity index (χ2v) is 7.58. The van der Waals surface area contributed by atoms with Crippen molar-refractivity contribution >= 4 is 33.1 Å². The normalized spacial score (nSPS) is 10.8. The Hall–Kier alpha value is -3.38. The zero-order valence-electron chi connectivity index (χ0n) is 15.9. The summed E-state index contributed by atoms with van der Waals surface area (Å²) in [7, 11) is 0. The number of phenols is 1. The molecule has 3 aromatic carbocycles. The number of aryl methyl sites for hydroxylation is 1. The average Bonchev–Trinajstić information content (AvgIpc) is 3.16. The van der Waals surface area contributed by atoms with E-state index in [1.165, 1.54) is 23.0 Å². The van der Waals surface area contributed by atoms with Crippen LogP contribution in [0.2, 0.25) is 0 Å². The van der Waals surface area contributed by atoms with Crippen LogP contribution in [0.1, 0.15) is 12.5 Å². The predicted molar refractivity (Wildman–Crippen MR) is 117 cm³/mol. The second-order valence-electron chi connectivity index (χ2n) is 6.55. The lowest BCUT2D eigenvalue weighted by Crippen LogP contribution is -2.20. The zero-order valence-corrected chi connectivity index (χ0v) is 16.7. The maximum absolute atomic E-state index is 12.2. The standard InChI is InChI=1S/C23H20N2O3S/c1-2-15-7-10-17(11-8-15)28-14-22(27)24-16-9-12-18(20(26)13-16)23-25-19-5-3-4-6-21(19)29-23/h3-13,26H,2,14H2,1H3,(H,24,27). The Kier molecular flexibility index (Phi) is 5.44. The summed E-state index contributed by atoms with van der Waals surface area (Å²) in [6, 6.07) is 20.5. The molecule has 6 heteroatoms. The van der Waals surface area contributed by atoms with Gasteiger partial charge in [-0.25, -0.2) is 4.98 Å². The molecule has 0 saturated carbocycles. The Morgan fingerprint density at radius 2 is 1.90 bits per heavy atom. The van der Waals surface area contributed by atoms with Gasteiger partial charge >= 0.3 is 0 Å². The number of carbonyl (C=O) groups is 1. The lowest BCUT2D eigenvalue weighted by molar-refractivity contribution is -0.118. The molecule has 4 aromatic rings. The number of hydrogen-bond acceptors (Lipinski definition) is 5. The van der Waals surface area contributed by atoms with E-state index in [4.69, 9.17) is 4.74 Å². The van der Waals surface area contributed by atoms with E-state index in [0.717, 1.165) is 21.6 Å². The molecular weight excluding hydrogens is 384 g/mol. The van der Waals surface area contributed by atoms with Crippen molar-refractivity contribution in [1.82, 2.24) is 4.98 Å². The van der Waals surface area contributed by atoms with E-state index < -0.39 is 0 Å². The molecule has 0 aliphatic carbocycles. The molecule has 0 aliphatic heterocycles. The molecule has 0 radical (unpaired) electrons. The number of benzene rings is 3. The van der Waals surface area contributed by atoms with Crippen LogP contribution in [0, 0.1) is 0 Å². The molecule has 1 aromatic heterocycles. The lowest BCUT2D eigenvalue weighted by atomic mass is 10.2. The monoisotopic (exact) mass is 404 g/mol. The van der Waals surface area contributed by atoms with Crippen LogP contribution in [0.15, 0.2) is 66.7 Å². The highest BCUT2D eigenvalue weighted by Gasteiger charge is 2.12. The van der Waals surface area contributed by atoms with E-state index >= 15 is 0 Å². The van der Waals surface area contributed by atoms with Crippen molar-refractivity contribution in [2.75, 3.05) is 11.9 Å². The molecule has 146 valence electrons. The predicted octanol–water partition coefficient (Wildman–Crippen LogP) is 5.25. The quantitative estimate of drug-likeness (QED) is 0.460. The summed E-state index contributed by atoms with van der Waals surface area (Å²) in [5.41, 5.74) is 3.25. The zero-order chi connectivity index (χ0) is 20.2. The second kappa shape index (κ2) is 8.32. The summed E-state index contributed by atoms with van der Waals surface area (Å²) < 4.78 is 6.57.